The maximum absolute atomic E-state index is 12.4. The summed E-state index contributed by atoms with van der Waals surface area (Å²) in [7, 11) is -2.05. The molecule has 0 aliphatic rings. The number of rotatable bonds is 5. The van der Waals surface area contributed by atoms with Crippen molar-refractivity contribution in [3.63, 3.8) is 0 Å². The van der Waals surface area contributed by atoms with E-state index in [0.717, 1.165) is 0 Å². The van der Waals surface area contributed by atoms with Gasteiger partial charge in [0, 0.05) is 12.1 Å². The third kappa shape index (κ3) is 3.93. The summed E-state index contributed by atoms with van der Waals surface area (Å²) in [6.45, 7) is 7.74. The topological polar surface area (TPSA) is 44.5 Å². The van der Waals surface area contributed by atoms with Crippen LogP contribution in [0.2, 0.25) is 18.1 Å². The van der Waals surface area contributed by atoms with Gasteiger partial charge in [0.2, 0.25) is 8.32 Å². The van der Waals surface area contributed by atoms with Crippen LogP contribution in [0.4, 0.5) is 8.78 Å². The summed E-state index contributed by atoms with van der Waals surface area (Å²) < 4.78 is 35.4. The first kappa shape index (κ1) is 16.9. The molecule has 0 aliphatic carbocycles. The SMILES string of the molecule is CC(C)(C)[Si](C)(C)Oc1cccc(OC(F)F)c1CN. The maximum atomic E-state index is 12.4. The fraction of sp³-hybridized carbons (Fsp3) is 0.571. The van der Waals surface area contributed by atoms with Gasteiger partial charge in [0.15, 0.2) is 0 Å². The van der Waals surface area contributed by atoms with Gasteiger partial charge in [-0.25, -0.2) is 0 Å². The van der Waals surface area contributed by atoms with E-state index in [4.69, 9.17) is 10.2 Å². The second-order valence-corrected chi connectivity index (χ2v) is 10.9. The molecule has 0 bridgehead atoms. The zero-order valence-corrected chi connectivity index (χ0v) is 13.7. The van der Waals surface area contributed by atoms with Crippen LogP contribution in [0, 0.1) is 0 Å². The summed E-state index contributed by atoms with van der Waals surface area (Å²) in [5.74, 6) is 0.621. The Labute approximate surface area is 120 Å². The molecule has 2 N–H and O–H groups in total. The van der Waals surface area contributed by atoms with Gasteiger partial charge in [-0.15, -0.1) is 0 Å². The lowest BCUT2D eigenvalue weighted by Crippen LogP contribution is -2.44. The van der Waals surface area contributed by atoms with E-state index in [1.807, 2.05) is 0 Å². The Bertz CT molecular complexity index is 459. The number of nitrogens with two attached hydrogens (primary N) is 1. The van der Waals surface area contributed by atoms with Gasteiger partial charge in [-0.1, -0.05) is 26.8 Å². The van der Waals surface area contributed by atoms with Crippen molar-refractivity contribution in [2.75, 3.05) is 0 Å². The molecule has 1 aromatic rings. The molecule has 0 unspecified atom stereocenters. The monoisotopic (exact) mass is 303 g/mol. The van der Waals surface area contributed by atoms with Crippen LogP contribution in [0.3, 0.4) is 0 Å². The molecular weight excluding hydrogens is 280 g/mol. The van der Waals surface area contributed by atoms with Crippen LogP contribution in [0.1, 0.15) is 26.3 Å². The van der Waals surface area contributed by atoms with E-state index < -0.39 is 14.9 Å². The summed E-state index contributed by atoms with van der Waals surface area (Å²) in [5.41, 5.74) is 6.15. The highest BCUT2D eigenvalue weighted by Gasteiger charge is 2.39. The lowest BCUT2D eigenvalue weighted by Gasteiger charge is -2.37. The van der Waals surface area contributed by atoms with E-state index in [-0.39, 0.29) is 17.3 Å². The molecule has 3 nitrogen and oxygen atoms in total. The molecule has 0 amide bonds. The average molecular weight is 303 g/mol. The number of benzene rings is 1. The highest BCUT2D eigenvalue weighted by Crippen LogP contribution is 2.39. The van der Waals surface area contributed by atoms with Crippen LogP contribution in [0.15, 0.2) is 18.2 Å². The van der Waals surface area contributed by atoms with Crippen molar-refractivity contribution >= 4 is 8.32 Å². The average Bonchev–Trinajstić information content (AvgIpc) is 2.26. The Balaban J connectivity index is 3.13. The van der Waals surface area contributed by atoms with E-state index in [1.165, 1.54) is 6.07 Å². The van der Waals surface area contributed by atoms with Crippen molar-refractivity contribution in [3.8, 4) is 11.5 Å². The molecule has 0 spiro atoms. The molecule has 0 saturated heterocycles. The summed E-state index contributed by atoms with van der Waals surface area (Å²) >= 11 is 0. The Morgan fingerprint density at radius 3 is 2.20 bits per heavy atom. The molecule has 0 aromatic heterocycles. The lowest BCUT2D eigenvalue weighted by molar-refractivity contribution is -0.0505. The van der Waals surface area contributed by atoms with Crippen LogP contribution in [0.25, 0.3) is 0 Å². The van der Waals surface area contributed by atoms with E-state index in [0.29, 0.717) is 11.3 Å². The molecule has 20 heavy (non-hydrogen) atoms. The fourth-order valence-corrected chi connectivity index (χ4v) is 2.52. The smallest absolute Gasteiger partial charge is 0.387 e. The first-order valence-electron chi connectivity index (χ1n) is 6.54. The summed E-state index contributed by atoms with van der Waals surface area (Å²) in [6.07, 6.45) is 0. The summed E-state index contributed by atoms with van der Waals surface area (Å²) in [6, 6.07) is 4.87. The molecular formula is C14H23F2NO2Si. The van der Waals surface area contributed by atoms with E-state index >= 15 is 0 Å². The maximum Gasteiger partial charge on any atom is 0.387 e. The minimum absolute atomic E-state index is 0.0123. The zero-order chi connectivity index (χ0) is 15.6. The third-order valence-corrected chi connectivity index (χ3v) is 8.02. The van der Waals surface area contributed by atoms with E-state index in [1.54, 1.807) is 12.1 Å². The van der Waals surface area contributed by atoms with Crippen LogP contribution in [-0.2, 0) is 6.54 Å². The molecule has 0 heterocycles. The standard InChI is InChI=1S/C14H23F2NO2Si/c1-14(2,3)20(4,5)19-12-8-6-7-11(10(12)9-17)18-13(15)16/h6-8,13H,9,17H2,1-5H3. The van der Waals surface area contributed by atoms with Crippen LogP contribution in [-0.4, -0.2) is 14.9 Å². The van der Waals surface area contributed by atoms with Crippen molar-refractivity contribution in [1.82, 2.24) is 0 Å². The molecule has 6 heteroatoms. The quantitative estimate of drug-likeness (QED) is 0.832. The Kier molecular flexibility index (Phi) is 5.15. The molecule has 0 saturated carbocycles. The van der Waals surface area contributed by atoms with E-state index in [2.05, 4.69) is 38.6 Å². The summed E-state index contributed by atoms with van der Waals surface area (Å²) in [5, 5.41) is 0.0123. The predicted molar refractivity (Wildman–Crippen MR) is 78.8 cm³/mol. The second kappa shape index (κ2) is 6.09. The van der Waals surface area contributed by atoms with Gasteiger partial charge >= 0.3 is 6.61 Å². The van der Waals surface area contributed by atoms with Crippen molar-refractivity contribution in [2.24, 2.45) is 5.73 Å². The molecule has 0 aliphatic heterocycles. The zero-order valence-electron chi connectivity index (χ0n) is 12.7. The number of hydrogen-bond donors (Lipinski definition) is 1. The number of halogens is 2. The lowest BCUT2D eigenvalue weighted by atomic mass is 10.2. The molecule has 114 valence electrons. The van der Waals surface area contributed by atoms with Gasteiger partial charge in [0.25, 0.3) is 0 Å². The van der Waals surface area contributed by atoms with Gasteiger partial charge in [-0.3, -0.25) is 0 Å². The summed E-state index contributed by atoms with van der Waals surface area (Å²) in [4.78, 5) is 0. The largest absolute Gasteiger partial charge is 0.543 e. The van der Waals surface area contributed by atoms with Gasteiger partial charge in [0.05, 0.1) is 0 Å². The van der Waals surface area contributed by atoms with Gasteiger partial charge in [-0.2, -0.15) is 8.78 Å². The van der Waals surface area contributed by atoms with Crippen molar-refractivity contribution in [1.29, 1.82) is 0 Å². The van der Waals surface area contributed by atoms with Gasteiger partial charge in [0.1, 0.15) is 11.5 Å². The minimum atomic E-state index is -2.87. The normalized spacial score (nSPS) is 12.7. The van der Waals surface area contributed by atoms with Gasteiger partial charge < -0.3 is 14.9 Å². The number of alkyl halides is 2. The molecule has 0 radical (unpaired) electrons. The van der Waals surface area contributed by atoms with Crippen molar-refractivity contribution < 1.29 is 17.9 Å². The van der Waals surface area contributed by atoms with Gasteiger partial charge in [-0.05, 0) is 30.3 Å². The third-order valence-electron chi connectivity index (χ3n) is 3.68. The molecule has 0 atom stereocenters. The van der Waals surface area contributed by atoms with Crippen molar-refractivity contribution in [2.45, 2.75) is 52.1 Å². The van der Waals surface area contributed by atoms with Crippen LogP contribution >= 0.6 is 0 Å². The highest BCUT2D eigenvalue weighted by atomic mass is 28.4. The number of hydrogen-bond acceptors (Lipinski definition) is 3. The molecule has 0 fully saturated rings. The Morgan fingerprint density at radius 1 is 1.20 bits per heavy atom. The van der Waals surface area contributed by atoms with Crippen LogP contribution in [0.5, 0.6) is 11.5 Å². The first-order valence-corrected chi connectivity index (χ1v) is 9.45. The van der Waals surface area contributed by atoms with Crippen LogP contribution < -0.4 is 14.9 Å². The fourth-order valence-electron chi connectivity index (χ4n) is 1.48. The first-order chi connectivity index (χ1) is 9.08. The minimum Gasteiger partial charge on any atom is -0.543 e. The number of ether oxygens (including phenoxy) is 1. The molecule has 1 aromatic carbocycles. The molecule has 1 rings (SSSR count). The highest BCUT2D eigenvalue weighted by molar-refractivity contribution is 6.74. The van der Waals surface area contributed by atoms with Crippen molar-refractivity contribution in [3.05, 3.63) is 23.8 Å². The Hall–Kier alpha value is -1.14. The Morgan fingerprint density at radius 2 is 1.75 bits per heavy atom. The van der Waals surface area contributed by atoms with E-state index in [9.17, 15) is 8.78 Å². The second-order valence-electron chi connectivity index (χ2n) is 6.18. The predicted octanol–water partition coefficient (Wildman–Crippen LogP) is 4.13.